The van der Waals surface area contributed by atoms with Crippen molar-refractivity contribution in [2.45, 2.75) is 12.5 Å². The quantitative estimate of drug-likeness (QED) is 0.775. The number of fused-ring (bicyclic) bond motifs is 1. The van der Waals surface area contributed by atoms with Gasteiger partial charge in [-0.1, -0.05) is 6.07 Å². The molecule has 2 rings (SSSR count). The number of alkyl halides is 1. The van der Waals surface area contributed by atoms with Crippen LogP contribution in [0.2, 0.25) is 0 Å². The smallest absolute Gasteiger partial charge is 0.0924 e. The van der Waals surface area contributed by atoms with Crippen LogP contribution in [0.25, 0.3) is 10.1 Å². The van der Waals surface area contributed by atoms with Gasteiger partial charge in [-0.3, -0.25) is 0 Å². The molecule has 0 aliphatic heterocycles. The Bertz CT molecular complexity index is 466. The molecule has 2 aromatic rings. The van der Waals surface area contributed by atoms with Gasteiger partial charge in [-0.25, -0.2) is 0 Å². The Morgan fingerprint density at radius 2 is 2.21 bits per heavy atom. The van der Waals surface area contributed by atoms with Crippen molar-refractivity contribution in [2.24, 2.45) is 0 Å². The standard InChI is InChI=1S/C10H10ClNOS/c11-4-6-1-2-9-7(3-6)8(5-13)10(12)14-9/h1-3,13H,4-5,12H2. The van der Waals surface area contributed by atoms with Crippen molar-refractivity contribution in [2.75, 3.05) is 5.73 Å². The first-order chi connectivity index (χ1) is 6.76. The minimum atomic E-state index is -0.0163. The van der Waals surface area contributed by atoms with Gasteiger partial charge < -0.3 is 10.8 Å². The molecule has 0 aliphatic rings. The van der Waals surface area contributed by atoms with Crippen LogP contribution in [0.4, 0.5) is 5.00 Å². The fourth-order valence-electron chi connectivity index (χ4n) is 1.46. The molecule has 0 aliphatic carbocycles. The first kappa shape index (κ1) is 9.77. The summed E-state index contributed by atoms with van der Waals surface area (Å²) in [5, 5.41) is 10.9. The van der Waals surface area contributed by atoms with Gasteiger partial charge in [-0.2, -0.15) is 0 Å². The fraction of sp³-hybridized carbons (Fsp3) is 0.200. The molecule has 0 saturated carbocycles. The zero-order valence-corrected chi connectivity index (χ0v) is 9.03. The number of hydrogen-bond donors (Lipinski definition) is 2. The van der Waals surface area contributed by atoms with Crippen LogP contribution in [0.15, 0.2) is 18.2 Å². The van der Waals surface area contributed by atoms with Crippen molar-refractivity contribution in [3.05, 3.63) is 29.3 Å². The van der Waals surface area contributed by atoms with E-state index in [-0.39, 0.29) is 6.61 Å². The largest absolute Gasteiger partial charge is 0.392 e. The van der Waals surface area contributed by atoms with Crippen molar-refractivity contribution < 1.29 is 5.11 Å². The zero-order valence-electron chi connectivity index (χ0n) is 7.46. The summed E-state index contributed by atoms with van der Waals surface area (Å²) in [7, 11) is 0. The molecule has 74 valence electrons. The third kappa shape index (κ3) is 1.47. The Morgan fingerprint density at radius 1 is 1.43 bits per heavy atom. The summed E-state index contributed by atoms with van der Waals surface area (Å²) in [6.07, 6.45) is 0. The van der Waals surface area contributed by atoms with E-state index in [0.29, 0.717) is 10.9 Å². The average Bonchev–Trinajstić information content (AvgIpc) is 2.52. The van der Waals surface area contributed by atoms with E-state index in [0.717, 1.165) is 21.2 Å². The maximum atomic E-state index is 9.16. The molecule has 0 unspecified atom stereocenters. The summed E-state index contributed by atoms with van der Waals surface area (Å²) < 4.78 is 1.10. The number of halogens is 1. The van der Waals surface area contributed by atoms with Crippen LogP contribution in [0.1, 0.15) is 11.1 Å². The van der Waals surface area contributed by atoms with Gasteiger partial charge in [-0.05, 0) is 17.7 Å². The summed E-state index contributed by atoms with van der Waals surface area (Å²) in [6.45, 7) is -0.0163. The highest BCUT2D eigenvalue weighted by Gasteiger charge is 2.08. The number of nitrogen functional groups attached to an aromatic ring is 1. The summed E-state index contributed by atoms with van der Waals surface area (Å²) >= 11 is 7.24. The molecular formula is C10H10ClNOS. The van der Waals surface area contributed by atoms with Gasteiger partial charge in [0.15, 0.2) is 0 Å². The molecule has 1 aromatic heterocycles. The summed E-state index contributed by atoms with van der Waals surface area (Å²) in [4.78, 5) is 0. The van der Waals surface area contributed by atoms with Crippen LogP contribution in [-0.2, 0) is 12.5 Å². The summed E-state index contributed by atoms with van der Waals surface area (Å²) in [6, 6.07) is 5.96. The molecule has 1 heterocycles. The third-order valence-corrected chi connectivity index (χ3v) is 3.55. The van der Waals surface area contributed by atoms with Crippen LogP contribution in [0.3, 0.4) is 0 Å². The lowest BCUT2D eigenvalue weighted by molar-refractivity contribution is 0.284. The van der Waals surface area contributed by atoms with Gasteiger partial charge in [0.25, 0.3) is 0 Å². The monoisotopic (exact) mass is 227 g/mol. The molecule has 0 bridgehead atoms. The Morgan fingerprint density at radius 3 is 2.86 bits per heavy atom. The van der Waals surface area contributed by atoms with E-state index < -0.39 is 0 Å². The van der Waals surface area contributed by atoms with E-state index in [1.807, 2.05) is 18.2 Å². The van der Waals surface area contributed by atoms with Gasteiger partial charge in [0, 0.05) is 21.5 Å². The minimum absolute atomic E-state index is 0.0163. The molecule has 0 fully saturated rings. The molecule has 2 nitrogen and oxygen atoms in total. The van der Waals surface area contributed by atoms with E-state index in [1.54, 1.807) is 0 Å². The van der Waals surface area contributed by atoms with Crippen LogP contribution in [-0.4, -0.2) is 5.11 Å². The summed E-state index contributed by atoms with van der Waals surface area (Å²) in [5.74, 6) is 0.483. The number of aliphatic hydroxyl groups excluding tert-OH is 1. The number of benzene rings is 1. The molecule has 0 spiro atoms. The zero-order chi connectivity index (χ0) is 10.1. The lowest BCUT2D eigenvalue weighted by Gasteiger charge is -1.97. The lowest BCUT2D eigenvalue weighted by Crippen LogP contribution is -1.88. The highest BCUT2D eigenvalue weighted by Crippen LogP contribution is 2.34. The number of anilines is 1. The van der Waals surface area contributed by atoms with Crippen LogP contribution in [0.5, 0.6) is 0 Å². The summed E-state index contributed by atoms with van der Waals surface area (Å²) in [5.41, 5.74) is 7.65. The maximum absolute atomic E-state index is 9.16. The van der Waals surface area contributed by atoms with E-state index in [4.69, 9.17) is 22.4 Å². The van der Waals surface area contributed by atoms with Crippen molar-refractivity contribution in [1.82, 2.24) is 0 Å². The van der Waals surface area contributed by atoms with Gasteiger partial charge in [0.2, 0.25) is 0 Å². The molecule has 3 N–H and O–H groups in total. The normalized spacial score (nSPS) is 11.0. The van der Waals surface area contributed by atoms with Crippen LogP contribution < -0.4 is 5.73 Å². The highest BCUT2D eigenvalue weighted by molar-refractivity contribution is 7.22. The van der Waals surface area contributed by atoms with Crippen molar-refractivity contribution in [1.29, 1.82) is 0 Å². The first-order valence-electron chi connectivity index (χ1n) is 4.23. The molecule has 0 amide bonds. The van der Waals surface area contributed by atoms with Crippen molar-refractivity contribution in [3.8, 4) is 0 Å². The predicted octanol–water partition coefficient (Wildman–Crippen LogP) is 2.71. The van der Waals surface area contributed by atoms with E-state index >= 15 is 0 Å². The van der Waals surface area contributed by atoms with Gasteiger partial charge >= 0.3 is 0 Å². The lowest BCUT2D eigenvalue weighted by atomic mass is 10.1. The minimum Gasteiger partial charge on any atom is -0.392 e. The molecule has 0 saturated heterocycles. The van der Waals surface area contributed by atoms with Crippen molar-refractivity contribution in [3.63, 3.8) is 0 Å². The second-order valence-corrected chi connectivity index (χ2v) is 4.42. The number of rotatable bonds is 2. The Balaban J connectivity index is 2.71. The molecule has 4 heteroatoms. The van der Waals surface area contributed by atoms with Crippen LogP contribution >= 0.6 is 22.9 Å². The first-order valence-corrected chi connectivity index (χ1v) is 5.58. The maximum Gasteiger partial charge on any atom is 0.0924 e. The van der Waals surface area contributed by atoms with E-state index in [9.17, 15) is 0 Å². The Hall–Kier alpha value is -0.770. The number of nitrogens with two attached hydrogens (primary N) is 1. The number of hydrogen-bond acceptors (Lipinski definition) is 3. The predicted molar refractivity (Wildman–Crippen MR) is 61.7 cm³/mol. The fourth-order valence-corrected chi connectivity index (χ4v) is 2.59. The van der Waals surface area contributed by atoms with Crippen molar-refractivity contribution >= 4 is 38.0 Å². The van der Waals surface area contributed by atoms with Crippen LogP contribution in [0, 0.1) is 0 Å². The molecule has 0 atom stereocenters. The Labute approximate surface area is 90.9 Å². The molecule has 0 radical (unpaired) electrons. The SMILES string of the molecule is Nc1sc2ccc(CCl)cc2c1CO. The van der Waals surface area contributed by atoms with Gasteiger partial charge in [0.1, 0.15) is 0 Å². The van der Waals surface area contributed by atoms with Gasteiger partial charge in [0.05, 0.1) is 11.6 Å². The average molecular weight is 228 g/mol. The van der Waals surface area contributed by atoms with E-state index in [2.05, 4.69) is 0 Å². The number of thiophene rings is 1. The Kier molecular flexibility index (Phi) is 2.63. The second kappa shape index (κ2) is 3.77. The van der Waals surface area contributed by atoms with Gasteiger partial charge in [-0.15, -0.1) is 22.9 Å². The molecular weight excluding hydrogens is 218 g/mol. The van der Waals surface area contributed by atoms with E-state index in [1.165, 1.54) is 11.3 Å². The third-order valence-electron chi connectivity index (χ3n) is 2.20. The highest BCUT2D eigenvalue weighted by atomic mass is 35.5. The topological polar surface area (TPSA) is 46.2 Å². The number of aliphatic hydroxyl groups is 1. The molecule has 14 heavy (non-hydrogen) atoms. The molecule has 1 aromatic carbocycles. The second-order valence-electron chi connectivity index (χ2n) is 3.07.